The number of ether oxygens (including phenoxy) is 3. The first kappa shape index (κ1) is 26.9. The van der Waals surface area contributed by atoms with Crippen LogP contribution >= 0.6 is 11.3 Å². The van der Waals surface area contributed by atoms with Gasteiger partial charge in [0.15, 0.2) is 16.3 Å². The summed E-state index contributed by atoms with van der Waals surface area (Å²) in [7, 11) is 0. The third-order valence-corrected chi connectivity index (χ3v) is 6.81. The second kappa shape index (κ2) is 12.0. The number of allylic oxidation sites excluding steroid dienone is 1. The van der Waals surface area contributed by atoms with Crippen molar-refractivity contribution in [1.82, 2.24) is 4.57 Å². The van der Waals surface area contributed by atoms with Crippen molar-refractivity contribution in [3.63, 3.8) is 0 Å². The molecule has 1 aliphatic heterocycles. The largest absolute Gasteiger partial charge is 0.504 e. The van der Waals surface area contributed by atoms with Crippen LogP contribution in [-0.4, -0.2) is 35.5 Å². The van der Waals surface area contributed by atoms with E-state index in [0.717, 1.165) is 12.0 Å². The van der Waals surface area contributed by atoms with E-state index in [-0.39, 0.29) is 23.5 Å². The molecule has 1 aliphatic rings. The second-order valence-electron chi connectivity index (χ2n) is 8.55. The number of esters is 1. The van der Waals surface area contributed by atoms with Gasteiger partial charge in [-0.1, -0.05) is 49.1 Å². The number of hydrogen-bond acceptors (Lipinski definition) is 8. The molecule has 1 aromatic heterocycles. The number of rotatable bonds is 10. The van der Waals surface area contributed by atoms with Crippen LogP contribution < -0.4 is 24.4 Å². The van der Waals surface area contributed by atoms with Crippen molar-refractivity contribution in [2.75, 3.05) is 19.8 Å². The van der Waals surface area contributed by atoms with Gasteiger partial charge in [0.25, 0.3) is 5.56 Å². The lowest BCUT2D eigenvalue weighted by Gasteiger charge is -2.24. The minimum atomic E-state index is -0.732. The lowest BCUT2D eigenvalue weighted by molar-refractivity contribution is -0.138. The topological polar surface area (TPSA) is 99.4 Å². The predicted octanol–water partition coefficient (Wildman–Crippen LogP) is 3.86. The van der Waals surface area contributed by atoms with Crippen LogP contribution in [0.1, 0.15) is 44.4 Å². The SMILES string of the molecule is C=CCOC(=O)C1=C(C)N=c2s/c(=C\c3ccc(O)c(OCC)c3)c(=O)n2C1c1ccc(OCCC)cc1. The number of benzene rings is 2. The number of hydrogen-bond donors (Lipinski definition) is 1. The van der Waals surface area contributed by atoms with E-state index in [1.165, 1.54) is 28.0 Å². The molecule has 0 saturated heterocycles. The Labute approximate surface area is 224 Å². The number of phenols is 1. The van der Waals surface area contributed by atoms with E-state index in [1.807, 2.05) is 38.1 Å². The first-order valence-electron chi connectivity index (χ1n) is 12.4. The van der Waals surface area contributed by atoms with Crippen LogP contribution in [0.25, 0.3) is 6.08 Å². The van der Waals surface area contributed by atoms with Gasteiger partial charge < -0.3 is 19.3 Å². The average molecular weight is 535 g/mol. The maximum Gasteiger partial charge on any atom is 0.338 e. The molecule has 0 spiro atoms. The summed E-state index contributed by atoms with van der Waals surface area (Å²) < 4.78 is 18.5. The lowest BCUT2D eigenvalue weighted by atomic mass is 9.96. The first-order chi connectivity index (χ1) is 18.4. The molecule has 198 valence electrons. The summed E-state index contributed by atoms with van der Waals surface area (Å²) in [5.74, 6) is 0.504. The monoisotopic (exact) mass is 534 g/mol. The third kappa shape index (κ3) is 5.57. The maximum absolute atomic E-state index is 13.8. The van der Waals surface area contributed by atoms with Crippen molar-refractivity contribution < 1.29 is 24.1 Å². The first-order valence-corrected chi connectivity index (χ1v) is 13.2. The molecule has 0 aliphatic carbocycles. The molecule has 38 heavy (non-hydrogen) atoms. The second-order valence-corrected chi connectivity index (χ2v) is 9.56. The number of nitrogens with zero attached hydrogens (tertiary/aromatic N) is 2. The highest BCUT2D eigenvalue weighted by Crippen LogP contribution is 2.32. The van der Waals surface area contributed by atoms with Crippen molar-refractivity contribution in [2.45, 2.75) is 33.2 Å². The number of carbonyl (C=O) groups excluding carboxylic acids is 1. The van der Waals surface area contributed by atoms with E-state index in [0.29, 0.717) is 45.3 Å². The summed E-state index contributed by atoms with van der Waals surface area (Å²) in [6.07, 6.45) is 4.10. The number of aromatic nitrogens is 1. The molecular weight excluding hydrogens is 504 g/mol. The molecule has 8 nitrogen and oxygen atoms in total. The Bertz CT molecular complexity index is 1550. The summed E-state index contributed by atoms with van der Waals surface area (Å²) in [6.45, 7) is 10.2. The van der Waals surface area contributed by atoms with Gasteiger partial charge in [-0.3, -0.25) is 9.36 Å². The van der Waals surface area contributed by atoms with Gasteiger partial charge in [0, 0.05) is 0 Å². The van der Waals surface area contributed by atoms with Gasteiger partial charge in [-0.15, -0.1) is 0 Å². The van der Waals surface area contributed by atoms with E-state index in [1.54, 1.807) is 25.1 Å². The summed E-state index contributed by atoms with van der Waals surface area (Å²) in [5, 5.41) is 10.0. The highest BCUT2D eigenvalue weighted by Gasteiger charge is 2.33. The van der Waals surface area contributed by atoms with Crippen LogP contribution in [0.5, 0.6) is 17.2 Å². The standard InChI is InChI=1S/C29H30N2O6S/c1-5-14-36-21-11-9-20(10-12-21)26-25(28(34)37-15-6-2)18(4)30-29-31(26)27(33)24(38-29)17-19-8-13-22(32)23(16-19)35-7-3/h6,8-13,16-17,26,32H,2,5,7,14-15H2,1,3-4H3/b24-17-. The van der Waals surface area contributed by atoms with Crippen molar-refractivity contribution >= 4 is 23.4 Å². The van der Waals surface area contributed by atoms with Crippen LogP contribution in [0.15, 0.2) is 76.2 Å². The maximum atomic E-state index is 13.8. The van der Waals surface area contributed by atoms with Crippen molar-refractivity contribution in [2.24, 2.45) is 4.99 Å². The Morgan fingerprint density at radius 3 is 2.63 bits per heavy atom. The summed E-state index contributed by atoms with van der Waals surface area (Å²) >= 11 is 1.23. The van der Waals surface area contributed by atoms with Gasteiger partial charge in [-0.25, -0.2) is 9.79 Å². The van der Waals surface area contributed by atoms with E-state index in [4.69, 9.17) is 14.2 Å². The Balaban J connectivity index is 1.86. The Hall–Kier alpha value is -4.11. The van der Waals surface area contributed by atoms with Gasteiger partial charge in [0.2, 0.25) is 0 Å². The highest BCUT2D eigenvalue weighted by atomic mass is 32.1. The summed E-state index contributed by atoms with van der Waals surface area (Å²) in [5.41, 5.74) is 1.89. The minimum absolute atomic E-state index is 0.0233. The fourth-order valence-corrected chi connectivity index (χ4v) is 5.17. The van der Waals surface area contributed by atoms with E-state index in [9.17, 15) is 14.7 Å². The third-order valence-electron chi connectivity index (χ3n) is 5.82. The van der Waals surface area contributed by atoms with Gasteiger partial charge >= 0.3 is 5.97 Å². The van der Waals surface area contributed by atoms with Gasteiger partial charge in [-0.2, -0.15) is 0 Å². The lowest BCUT2D eigenvalue weighted by Crippen LogP contribution is -2.39. The molecule has 1 N–H and O–H groups in total. The molecule has 0 fully saturated rings. The molecule has 0 bridgehead atoms. The number of thiazole rings is 1. The van der Waals surface area contributed by atoms with Crippen LogP contribution in [0.4, 0.5) is 0 Å². The molecule has 4 rings (SSSR count). The van der Waals surface area contributed by atoms with Gasteiger partial charge in [0.05, 0.1) is 35.1 Å². The molecule has 0 amide bonds. The van der Waals surface area contributed by atoms with E-state index >= 15 is 0 Å². The molecule has 1 atom stereocenters. The fourth-order valence-electron chi connectivity index (χ4n) is 4.12. The Kier molecular flexibility index (Phi) is 8.48. The quantitative estimate of drug-likeness (QED) is 0.313. The van der Waals surface area contributed by atoms with Crippen LogP contribution in [0.3, 0.4) is 0 Å². The summed E-state index contributed by atoms with van der Waals surface area (Å²) in [4.78, 5) is 32.0. The predicted molar refractivity (Wildman–Crippen MR) is 146 cm³/mol. The zero-order chi connectivity index (χ0) is 27.2. The van der Waals surface area contributed by atoms with E-state index < -0.39 is 12.0 Å². The molecule has 9 heteroatoms. The normalized spacial score (nSPS) is 15.0. The number of aromatic hydroxyl groups is 1. The minimum Gasteiger partial charge on any atom is -0.504 e. The Morgan fingerprint density at radius 1 is 1.18 bits per heavy atom. The van der Waals surface area contributed by atoms with Crippen molar-refractivity contribution in [1.29, 1.82) is 0 Å². The van der Waals surface area contributed by atoms with Crippen molar-refractivity contribution in [3.8, 4) is 17.2 Å². The van der Waals surface area contributed by atoms with Crippen LogP contribution in [0, 0.1) is 0 Å². The molecule has 0 saturated carbocycles. The van der Waals surface area contributed by atoms with Crippen LogP contribution in [0.2, 0.25) is 0 Å². The number of carbonyl (C=O) groups is 1. The van der Waals surface area contributed by atoms with Crippen LogP contribution in [-0.2, 0) is 9.53 Å². The summed E-state index contributed by atoms with van der Waals surface area (Å²) in [6, 6.07) is 11.5. The van der Waals surface area contributed by atoms with Crippen molar-refractivity contribution in [3.05, 3.63) is 97.2 Å². The van der Waals surface area contributed by atoms with Gasteiger partial charge in [-0.05, 0) is 61.7 Å². The number of fused-ring (bicyclic) bond motifs is 1. The zero-order valence-electron chi connectivity index (χ0n) is 21.6. The molecule has 2 aromatic carbocycles. The molecule has 2 heterocycles. The smallest absolute Gasteiger partial charge is 0.338 e. The molecule has 3 aromatic rings. The Morgan fingerprint density at radius 2 is 1.95 bits per heavy atom. The molecule has 0 radical (unpaired) electrons. The number of phenolic OH excluding ortho intramolecular Hbond substituents is 1. The average Bonchev–Trinajstić information content (AvgIpc) is 3.21. The molecular formula is C29H30N2O6S. The fraction of sp³-hybridized carbons (Fsp3) is 0.276. The molecule has 1 unspecified atom stereocenters. The zero-order valence-corrected chi connectivity index (χ0v) is 22.4. The van der Waals surface area contributed by atoms with Gasteiger partial charge in [0.1, 0.15) is 12.4 Å². The van der Waals surface area contributed by atoms with E-state index in [2.05, 4.69) is 11.6 Å². The highest BCUT2D eigenvalue weighted by molar-refractivity contribution is 7.07.